The summed E-state index contributed by atoms with van der Waals surface area (Å²) >= 11 is 0. The first-order chi connectivity index (χ1) is 17.1. The van der Waals surface area contributed by atoms with Gasteiger partial charge in [0.15, 0.2) is 5.82 Å². The van der Waals surface area contributed by atoms with Gasteiger partial charge in [0.25, 0.3) is 11.6 Å². The Kier molecular flexibility index (Phi) is 6.98. The van der Waals surface area contributed by atoms with Crippen molar-refractivity contribution < 1.29 is 19.3 Å². The van der Waals surface area contributed by atoms with Crippen LogP contribution in [0.25, 0.3) is 5.57 Å². The van der Waals surface area contributed by atoms with E-state index in [-0.39, 0.29) is 17.2 Å². The van der Waals surface area contributed by atoms with E-state index in [9.17, 15) is 20.0 Å². The number of carbonyl (C=O) groups is 1. The maximum atomic E-state index is 12.3. The third-order valence-corrected chi connectivity index (χ3v) is 6.09. The number of nitro benzene ring substituents is 1. The minimum absolute atomic E-state index is 0.0623. The molecule has 10 heteroatoms. The molecule has 2 aromatic carbocycles. The lowest BCUT2D eigenvalue weighted by atomic mass is 9.80. The van der Waals surface area contributed by atoms with Crippen molar-refractivity contribution in [1.82, 2.24) is 20.4 Å². The van der Waals surface area contributed by atoms with E-state index in [0.29, 0.717) is 41.4 Å². The van der Waals surface area contributed by atoms with E-state index in [2.05, 4.69) is 39.7 Å². The molecule has 0 amide bonds. The fourth-order valence-electron chi connectivity index (χ4n) is 4.44. The molecule has 36 heavy (non-hydrogen) atoms. The molecule has 0 spiro atoms. The van der Waals surface area contributed by atoms with Gasteiger partial charge in [-0.15, -0.1) is 0 Å². The SMILES string of the molecule is CC1=C(C(=O)O)C(c2cccc([N+](=O)[O-])c2)C(c2nc(CN(C)Cc3ccc(C)cc3)no2)=C(C)N1. The van der Waals surface area contributed by atoms with Crippen LogP contribution in [-0.4, -0.2) is 38.1 Å². The number of aliphatic carboxylic acids is 1. The number of dihydropyridines is 1. The fourth-order valence-corrected chi connectivity index (χ4v) is 4.44. The Morgan fingerprint density at radius 3 is 2.53 bits per heavy atom. The molecule has 1 aliphatic heterocycles. The molecule has 1 atom stereocenters. The van der Waals surface area contributed by atoms with Crippen LogP contribution < -0.4 is 5.32 Å². The molecule has 186 valence electrons. The Morgan fingerprint density at radius 1 is 1.14 bits per heavy atom. The predicted molar refractivity (Wildman–Crippen MR) is 133 cm³/mol. The van der Waals surface area contributed by atoms with Gasteiger partial charge in [0.1, 0.15) is 0 Å². The third kappa shape index (κ3) is 5.18. The second-order valence-electron chi connectivity index (χ2n) is 8.97. The lowest BCUT2D eigenvalue weighted by Gasteiger charge is -2.29. The van der Waals surface area contributed by atoms with Crippen LogP contribution in [0.3, 0.4) is 0 Å². The lowest BCUT2D eigenvalue weighted by molar-refractivity contribution is -0.384. The highest BCUT2D eigenvalue weighted by atomic mass is 16.6. The van der Waals surface area contributed by atoms with Gasteiger partial charge in [-0.2, -0.15) is 4.98 Å². The van der Waals surface area contributed by atoms with Gasteiger partial charge in [0.2, 0.25) is 0 Å². The number of nitrogens with one attached hydrogen (secondary N) is 1. The summed E-state index contributed by atoms with van der Waals surface area (Å²) in [5, 5.41) is 28.6. The van der Waals surface area contributed by atoms with Crippen LogP contribution in [0.4, 0.5) is 5.69 Å². The summed E-state index contributed by atoms with van der Waals surface area (Å²) in [4.78, 5) is 29.8. The van der Waals surface area contributed by atoms with Gasteiger partial charge >= 0.3 is 5.97 Å². The number of carboxylic acids is 1. The van der Waals surface area contributed by atoms with E-state index in [1.165, 1.54) is 23.8 Å². The van der Waals surface area contributed by atoms with Gasteiger partial charge in [0, 0.05) is 35.6 Å². The predicted octanol–water partition coefficient (Wildman–Crippen LogP) is 4.39. The van der Waals surface area contributed by atoms with Crippen LogP contribution in [0.5, 0.6) is 0 Å². The number of aromatic nitrogens is 2. The van der Waals surface area contributed by atoms with Gasteiger partial charge in [-0.1, -0.05) is 47.1 Å². The first-order valence-electron chi connectivity index (χ1n) is 11.4. The minimum atomic E-state index is -1.14. The van der Waals surface area contributed by atoms with Crippen LogP contribution in [0.2, 0.25) is 0 Å². The maximum Gasteiger partial charge on any atom is 0.334 e. The topological polar surface area (TPSA) is 135 Å². The van der Waals surface area contributed by atoms with Gasteiger partial charge in [-0.3, -0.25) is 15.0 Å². The Hall–Kier alpha value is -4.31. The summed E-state index contributed by atoms with van der Waals surface area (Å²) in [5.74, 6) is -1.36. The van der Waals surface area contributed by atoms with Gasteiger partial charge in [0.05, 0.1) is 23.0 Å². The highest BCUT2D eigenvalue weighted by Crippen LogP contribution is 2.43. The van der Waals surface area contributed by atoms with Crippen molar-refractivity contribution in [2.45, 2.75) is 39.8 Å². The number of rotatable bonds is 8. The number of aryl methyl sites for hydroxylation is 1. The van der Waals surface area contributed by atoms with E-state index in [0.717, 1.165) is 5.56 Å². The summed E-state index contributed by atoms with van der Waals surface area (Å²) in [7, 11) is 1.95. The zero-order valence-corrected chi connectivity index (χ0v) is 20.5. The monoisotopic (exact) mass is 489 g/mol. The Balaban J connectivity index is 1.66. The zero-order chi connectivity index (χ0) is 26.0. The summed E-state index contributed by atoms with van der Waals surface area (Å²) in [5.41, 5.74) is 4.28. The Morgan fingerprint density at radius 2 is 1.86 bits per heavy atom. The number of nitrogens with zero attached hydrogens (tertiary/aromatic N) is 4. The molecular formula is C26H27N5O5. The third-order valence-electron chi connectivity index (χ3n) is 6.09. The smallest absolute Gasteiger partial charge is 0.334 e. The quantitative estimate of drug-likeness (QED) is 0.349. The maximum absolute atomic E-state index is 12.3. The molecule has 3 aromatic rings. The van der Waals surface area contributed by atoms with E-state index in [1.807, 2.05) is 18.9 Å². The largest absolute Gasteiger partial charge is 0.478 e. The molecule has 2 heterocycles. The fraction of sp³-hybridized carbons (Fsp3) is 0.269. The minimum Gasteiger partial charge on any atom is -0.478 e. The van der Waals surface area contributed by atoms with Crippen molar-refractivity contribution in [1.29, 1.82) is 0 Å². The molecule has 2 N–H and O–H groups in total. The summed E-state index contributed by atoms with van der Waals surface area (Å²) in [6, 6.07) is 14.2. The normalized spacial score (nSPS) is 15.9. The van der Waals surface area contributed by atoms with E-state index in [4.69, 9.17) is 4.52 Å². The molecule has 0 radical (unpaired) electrons. The van der Waals surface area contributed by atoms with Crippen LogP contribution in [0.15, 0.2) is 70.0 Å². The molecule has 1 aromatic heterocycles. The number of benzene rings is 2. The first-order valence-corrected chi connectivity index (χ1v) is 11.4. The molecular weight excluding hydrogens is 462 g/mol. The van der Waals surface area contributed by atoms with Crippen molar-refractivity contribution in [3.63, 3.8) is 0 Å². The second kappa shape index (κ2) is 10.1. The van der Waals surface area contributed by atoms with Crippen LogP contribution in [-0.2, 0) is 17.9 Å². The molecule has 1 aliphatic rings. The number of allylic oxidation sites excluding steroid dienone is 3. The van der Waals surface area contributed by atoms with Gasteiger partial charge < -0.3 is 14.9 Å². The molecule has 0 bridgehead atoms. The molecule has 0 saturated heterocycles. The number of nitro groups is 1. The standard InChI is InChI=1S/C26H27N5O5/c1-15-8-10-18(11-9-15)13-30(4)14-21-28-25(36-29-21)22-16(2)27-17(3)23(26(32)33)24(22)19-6-5-7-20(12-19)31(34)35/h5-12,24,27H,13-14H2,1-4H3,(H,32,33). The van der Waals surface area contributed by atoms with E-state index < -0.39 is 16.8 Å². The van der Waals surface area contributed by atoms with Crippen molar-refractivity contribution >= 4 is 17.2 Å². The van der Waals surface area contributed by atoms with Crippen molar-refractivity contribution in [3.8, 4) is 0 Å². The molecule has 0 fully saturated rings. The zero-order valence-electron chi connectivity index (χ0n) is 20.5. The summed E-state index contributed by atoms with van der Waals surface area (Å²) in [6.07, 6.45) is 0. The number of hydrogen-bond donors (Lipinski definition) is 2. The highest BCUT2D eigenvalue weighted by molar-refractivity contribution is 5.95. The highest BCUT2D eigenvalue weighted by Gasteiger charge is 2.37. The van der Waals surface area contributed by atoms with Crippen LogP contribution in [0.1, 0.15) is 48.2 Å². The summed E-state index contributed by atoms with van der Waals surface area (Å²) in [6.45, 7) is 6.59. The summed E-state index contributed by atoms with van der Waals surface area (Å²) < 4.78 is 5.60. The molecule has 0 aliphatic carbocycles. The molecule has 4 rings (SSSR count). The average molecular weight is 490 g/mol. The number of non-ortho nitro benzene ring substituents is 1. The number of carboxylic acid groups (broad SMARTS) is 1. The number of hydrogen-bond acceptors (Lipinski definition) is 8. The molecule has 0 saturated carbocycles. The van der Waals surface area contributed by atoms with E-state index in [1.54, 1.807) is 19.9 Å². The average Bonchev–Trinajstić information content (AvgIpc) is 3.27. The van der Waals surface area contributed by atoms with Crippen LogP contribution >= 0.6 is 0 Å². The molecule has 10 nitrogen and oxygen atoms in total. The molecule has 1 unspecified atom stereocenters. The van der Waals surface area contributed by atoms with Crippen molar-refractivity contribution in [3.05, 3.63) is 104 Å². The van der Waals surface area contributed by atoms with Crippen molar-refractivity contribution in [2.75, 3.05) is 7.05 Å². The van der Waals surface area contributed by atoms with Gasteiger partial charge in [-0.25, -0.2) is 4.79 Å². The second-order valence-corrected chi connectivity index (χ2v) is 8.97. The van der Waals surface area contributed by atoms with Crippen LogP contribution in [0, 0.1) is 17.0 Å². The Bertz CT molecular complexity index is 1370. The lowest BCUT2D eigenvalue weighted by Crippen LogP contribution is -2.27. The van der Waals surface area contributed by atoms with Crippen molar-refractivity contribution in [2.24, 2.45) is 0 Å². The van der Waals surface area contributed by atoms with Gasteiger partial charge in [-0.05, 0) is 38.9 Å². The Labute approximate surface area is 208 Å². The first kappa shape index (κ1) is 24.8. The van der Waals surface area contributed by atoms with E-state index >= 15 is 0 Å².